The van der Waals surface area contributed by atoms with E-state index in [4.69, 9.17) is 4.74 Å². The summed E-state index contributed by atoms with van der Waals surface area (Å²) < 4.78 is 32.6. The number of benzene rings is 2. The Hall–Kier alpha value is -3.24. The summed E-state index contributed by atoms with van der Waals surface area (Å²) >= 11 is 0. The fourth-order valence-corrected chi connectivity index (χ4v) is 3.52. The van der Waals surface area contributed by atoms with Crippen molar-refractivity contribution < 1.29 is 17.9 Å². The molecule has 29 heavy (non-hydrogen) atoms. The van der Waals surface area contributed by atoms with Crippen LogP contribution in [0.2, 0.25) is 0 Å². The number of hydrogen-bond acceptors (Lipinski definition) is 6. The molecule has 0 aliphatic rings. The molecular formula is C19H21N5O4S. The zero-order valence-corrected chi connectivity index (χ0v) is 17.0. The molecule has 0 saturated heterocycles. The van der Waals surface area contributed by atoms with Gasteiger partial charge in [0.15, 0.2) is 5.69 Å². The molecule has 0 fully saturated rings. The molecule has 3 aromatic rings. The van der Waals surface area contributed by atoms with E-state index in [9.17, 15) is 13.2 Å². The maximum Gasteiger partial charge on any atom is 0.277 e. The minimum absolute atomic E-state index is 0.0336. The van der Waals surface area contributed by atoms with Crippen LogP contribution in [0.3, 0.4) is 0 Å². The zero-order chi connectivity index (χ0) is 21.0. The second kappa shape index (κ2) is 8.41. The summed E-state index contributed by atoms with van der Waals surface area (Å²) in [6.45, 7) is 0.473. The van der Waals surface area contributed by atoms with Crippen LogP contribution >= 0.6 is 0 Å². The van der Waals surface area contributed by atoms with E-state index in [1.54, 1.807) is 4.68 Å². The molecule has 9 nitrogen and oxygen atoms in total. The van der Waals surface area contributed by atoms with Crippen molar-refractivity contribution in [2.24, 2.45) is 0 Å². The number of sulfonamides is 1. The van der Waals surface area contributed by atoms with Crippen LogP contribution in [0.25, 0.3) is 0 Å². The average Bonchev–Trinajstić information content (AvgIpc) is 3.17. The largest absolute Gasteiger partial charge is 0.495 e. The first-order valence-corrected chi connectivity index (χ1v) is 10.1. The predicted molar refractivity (Wildman–Crippen MR) is 107 cm³/mol. The van der Waals surface area contributed by atoms with Crippen molar-refractivity contribution in [3.05, 3.63) is 66.0 Å². The molecule has 0 aliphatic heterocycles. The van der Waals surface area contributed by atoms with Gasteiger partial charge in [-0.25, -0.2) is 17.4 Å². The molecule has 0 bridgehead atoms. The first-order valence-electron chi connectivity index (χ1n) is 8.67. The van der Waals surface area contributed by atoms with E-state index in [-0.39, 0.29) is 16.3 Å². The molecule has 0 radical (unpaired) electrons. The van der Waals surface area contributed by atoms with Crippen LogP contribution in [0.15, 0.2) is 59.6 Å². The summed E-state index contributed by atoms with van der Waals surface area (Å²) in [5.74, 6) is -0.199. The number of nitrogens with zero attached hydrogens (tertiary/aromatic N) is 4. The molecular weight excluding hydrogens is 394 g/mol. The van der Waals surface area contributed by atoms with Crippen LogP contribution in [0.4, 0.5) is 5.69 Å². The summed E-state index contributed by atoms with van der Waals surface area (Å²) in [6, 6.07) is 13.9. The first kappa shape index (κ1) is 20.5. The van der Waals surface area contributed by atoms with E-state index in [0.29, 0.717) is 12.3 Å². The Morgan fingerprint density at radius 2 is 1.90 bits per heavy atom. The van der Waals surface area contributed by atoms with Gasteiger partial charge in [-0.05, 0) is 23.8 Å². The summed E-state index contributed by atoms with van der Waals surface area (Å²) in [4.78, 5) is 12.6. The van der Waals surface area contributed by atoms with Gasteiger partial charge >= 0.3 is 0 Å². The lowest BCUT2D eigenvalue weighted by Gasteiger charge is -2.14. The highest BCUT2D eigenvalue weighted by atomic mass is 32.2. The standard InChI is InChI=1S/C19H21N5O4S/c1-23(2)29(26,27)15-9-10-18(28-3)16(11-15)20-19(25)17-13-24(22-21-17)12-14-7-5-4-6-8-14/h4-11,13H,12H2,1-3H3,(H,20,25). The summed E-state index contributed by atoms with van der Waals surface area (Å²) in [5, 5.41) is 10.5. The number of amides is 1. The molecule has 0 aliphatic carbocycles. The van der Waals surface area contributed by atoms with Gasteiger partial charge in [0, 0.05) is 14.1 Å². The van der Waals surface area contributed by atoms with Crippen molar-refractivity contribution in [3.63, 3.8) is 0 Å². The van der Waals surface area contributed by atoms with Crippen LogP contribution in [-0.4, -0.2) is 54.8 Å². The van der Waals surface area contributed by atoms with Crippen molar-refractivity contribution in [2.75, 3.05) is 26.5 Å². The number of ether oxygens (including phenoxy) is 1. The van der Waals surface area contributed by atoms with Gasteiger partial charge in [0.05, 0.1) is 30.4 Å². The molecule has 1 aromatic heterocycles. The Labute approximate surface area is 169 Å². The fourth-order valence-electron chi connectivity index (χ4n) is 2.59. The lowest BCUT2D eigenvalue weighted by Crippen LogP contribution is -2.22. The Morgan fingerprint density at radius 1 is 1.17 bits per heavy atom. The second-order valence-corrected chi connectivity index (χ2v) is 8.54. The number of hydrogen-bond donors (Lipinski definition) is 1. The van der Waals surface area contributed by atoms with Crippen LogP contribution in [0.1, 0.15) is 16.1 Å². The molecule has 1 heterocycles. The van der Waals surface area contributed by atoms with E-state index in [1.807, 2.05) is 30.3 Å². The van der Waals surface area contributed by atoms with Gasteiger partial charge in [0.1, 0.15) is 5.75 Å². The predicted octanol–water partition coefficient (Wildman–Crippen LogP) is 1.84. The van der Waals surface area contributed by atoms with Crippen molar-refractivity contribution in [1.82, 2.24) is 19.3 Å². The van der Waals surface area contributed by atoms with E-state index in [0.717, 1.165) is 9.87 Å². The number of nitrogens with one attached hydrogen (secondary N) is 1. The van der Waals surface area contributed by atoms with Crippen molar-refractivity contribution in [1.29, 1.82) is 0 Å². The number of aromatic nitrogens is 3. The van der Waals surface area contributed by atoms with Crippen molar-refractivity contribution in [2.45, 2.75) is 11.4 Å². The molecule has 0 atom stereocenters. The van der Waals surface area contributed by atoms with E-state index in [1.165, 1.54) is 45.6 Å². The number of carbonyl (C=O) groups excluding carboxylic acids is 1. The van der Waals surface area contributed by atoms with Crippen LogP contribution in [0.5, 0.6) is 5.75 Å². The monoisotopic (exact) mass is 415 g/mol. The number of methoxy groups -OCH3 is 1. The summed E-state index contributed by atoms with van der Waals surface area (Å²) in [6.07, 6.45) is 1.52. The molecule has 0 saturated carbocycles. The van der Waals surface area contributed by atoms with Gasteiger partial charge < -0.3 is 10.1 Å². The van der Waals surface area contributed by atoms with Crippen LogP contribution in [0, 0.1) is 0 Å². The second-order valence-electron chi connectivity index (χ2n) is 6.39. The Bertz CT molecular complexity index is 1110. The summed E-state index contributed by atoms with van der Waals surface area (Å²) in [5.41, 5.74) is 1.34. The lowest BCUT2D eigenvalue weighted by molar-refractivity contribution is 0.102. The third-order valence-corrected chi connectivity index (χ3v) is 5.97. The number of rotatable bonds is 7. The van der Waals surface area contributed by atoms with Crippen LogP contribution < -0.4 is 10.1 Å². The number of carbonyl (C=O) groups is 1. The molecule has 3 rings (SSSR count). The topological polar surface area (TPSA) is 106 Å². The van der Waals surface area contributed by atoms with Gasteiger partial charge in [-0.1, -0.05) is 35.5 Å². The Kier molecular flexibility index (Phi) is 5.95. The maximum absolute atomic E-state index is 12.6. The minimum Gasteiger partial charge on any atom is -0.495 e. The molecule has 10 heteroatoms. The fraction of sp³-hybridized carbons (Fsp3) is 0.211. The quantitative estimate of drug-likeness (QED) is 0.631. The van der Waals surface area contributed by atoms with E-state index < -0.39 is 15.9 Å². The molecule has 1 amide bonds. The van der Waals surface area contributed by atoms with Gasteiger partial charge in [0.2, 0.25) is 10.0 Å². The maximum atomic E-state index is 12.6. The van der Waals surface area contributed by atoms with Gasteiger partial charge in [0.25, 0.3) is 5.91 Å². The van der Waals surface area contributed by atoms with E-state index >= 15 is 0 Å². The van der Waals surface area contributed by atoms with Crippen LogP contribution in [-0.2, 0) is 16.6 Å². The smallest absolute Gasteiger partial charge is 0.277 e. The van der Waals surface area contributed by atoms with Gasteiger partial charge in [-0.3, -0.25) is 4.79 Å². The van der Waals surface area contributed by atoms with E-state index in [2.05, 4.69) is 15.6 Å². The van der Waals surface area contributed by atoms with Crippen molar-refractivity contribution >= 4 is 21.6 Å². The van der Waals surface area contributed by atoms with Gasteiger partial charge in [-0.15, -0.1) is 5.10 Å². The highest BCUT2D eigenvalue weighted by Crippen LogP contribution is 2.28. The zero-order valence-electron chi connectivity index (χ0n) is 16.2. The molecule has 152 valence electrons. The van der Waals surface area contributed by atoms with Gasteiger partial charge in [-0.2, -0.15) is 0 Å². The third kappa shape index (κ3) is 4.61. The highest BCUT2D eigenvalue weighted by molar-refractivity contribution is 7.89. The number of anilines is 1. The minimum atomic E-state index is -3.66. The molecule has 0 spiro atoms. The highest BCUT2D eigenvalue weighted by Gasteiger charge is 2.21. The molecule has 2 aromatic carbocycles. The normalized spacial score (nSPS) is 11.4. The molecule has 0 unspecified atom stereocenters. The third-order valence-electron chi connectivity index (χ3n) is 4.16. The molecule has 1 N–H and O–H groups in total. The Balaban J connectivity index is 1.81. The average molecular weight is 415 g/mol. The van der Waals surface area contributed by atoms with Crippen molar-refractivity contribution in [3.8, 4) is 5.75 Å². The summed E-state index contributed by atoms with van der Waals surface area (Å²) in [7, 11) is 0.638. The first-order chi connectivity index (χ1) is 13.8. The Morgan fingerprint density at radius 3 is 2.55 bits per heavy atom. The lowest BCUT2D eigenvalue weighted by atomic mass is 10.2. The SMILES string of the molecule is COc1ccc(S(=O)(=O)N(C)C)cc1NC(=O)c1cn(Cc2ccccc2)nn1.